The van der Waals surface area contributed by atoms with Gasteiger partial charge < -0.3 is 24.1 Å². The maximum Gasteiger partial charge on any atom is 0.449 e. The van der Waals surface area contributed by atoms with Crippen LogP contribution < -0.4 is 0 Å². The predicted octanol–water partition coefficient (Wildman–Crippen LogP) is 3.92. The third-order valence-corrected chi connectivity index (χ3v) is 6.36. The van der Waals surface area contributed by atoms with Crippen molar-refractivity contribution in [2.24, 2.45) is 10.8 Å². The Kier molecular flexibility index (Phi) is 9.00. The maximum atomic E-state index is 14.0. The highest BCUT2D eigenvalue weighted by Crippen LogP contribution is 2.54. The second-order valence-electron chi connectivity index (χ2n) is 9.95. The molecule has 1 N–H and O–H groups in total. The Morgan fingerprint density at radius 1 is 1.06 bits per heavy atom. The number of hydrogen-bond acceptors (Lipinski definition) is 8. The number of rotatable bonds is 6. The van der Waals surface area contributed by atoms with E-state index in [1.807, 2.05) is 6.92 Å². The van der Waals surface area contributed by atoms with Crippen molar-refractivity contribution in [3.8, 4) is 0 Å². The van der Waals surface area contributed by atoms with Crippen molar-refractivity contribution < 1.29 is 60.4 Å². The van der Waals surface area contributed by atoms with Crippen LogP contribution in [-0.4, -0.2) is 65.8 Å². The molecule has 3 atom stereocenters. The van der Waals surface area contributed by atoms with E-state index in [4.69, 9.17) is 9.47 Å². The fourth-order valence-electron chi connectivity index (χ4n) is 2.64. The molecule has 2 saturated heterocycles. The molecule has 35 heavy (non-hydrogen) atoms. The minimum Gasteiger partial charge on any atom is -0.463 e. The van der Waals surface area contributed by atoms with Crippen LogP contribution in [0.5, 0.6) is 0 Å². The number of aliphatic hydroxyl groups is 1. The van der Waals surface area contributed by atoms with E-state index < -0.39 is 59.0 Å². The van der Waals surface area contributed by atoms with Crippen LogP contribution in [-0.2, 0) is 33.3 Å². The summed E-state index contributed by atoms with van der Waals surface area (Å²) in [5.74, 6) is -11.4. The molecule has 0 saturated carbocycles. The summed E-state index contributed by atoms with van der Waals surface area (Å²) in [5, 5.41) is 9.18. The van der Waals surface area contributed by atoms with Gasteiger partial charge in [0.25, 0.3) is 0 Å². The molecule has 3 unspecified atom stereocenters. The molecule has 0 aromatic rings. The van der Waals surface area contributed by atoms with Crippen LogP contribution in [0, 0.1) is 10.8 Å². The Bertz CT molecular complexity index is 810. The molecule has 0 aromatic heterocycles. The van der Waals surface area contributed by atoms with Crippen LogP contribution in [0.4, 0.5) is 22.0 Å². The second kappa shape index (κ2) is 10.2. The van der Waals surface area contributed by atoms with Crippen molar-refractivity contribution in [2.45, 2.75) is 97.3 Å². The number of esters is 3. The molecule has 2 aliphatic heterocycles. The molecule has 0 aromatic carbocycles. The van der Waals surface area contributed by atoms with Gasteiger partial charge in [0.05, 0.1) is 24.0 Å². The second-order valence-corrected chi connectivity index (χ2v) is 9.95. The lowest BCUT2D eigenvalue weighted by Gasteiger charge is -2.37. The average molecular weight is 520 g/mol. The normalized spacial score (nSPS) is 28.6. The topological polar surface area (TPSA) is 108 Å². The standard InChI is InChI=1S/C12H17F5O4.C10H16O4/c1-5-8(2,3)7(18)21-9(4)6-20-11(19,10(9,13)14)12(15,16)17;1-4-10(2,3)9(12)14-7-5-6-13-8(7)11/h19H,5-6H2,1-4H3;7H,4-6H2,1-3H3. The van der Waals surface area contributed by atoms with E-state index in [1.54, 1.807) is 20.8 Å². The van der Waals surface area contributed by atoms with Gasteiger partial charge in [0, 0.05) is 6.42 Å². The van der Waals surface area contributed by atoms with Gasteiger partial charge in [-0.2, -0.15) is 22.0 Å². The van der Waals surface area contributed by atoms with Crippen molar-refractivity contribution in [1.82, 2.24) is 0 Å². The molecule has 0 spiro atoms. The lowest BCUT2D eigenvalue weighted by Crippen LogP contribution is -2.63. The molecule has 0 amide bonds. The highest BCUT2D eigenvalue weighted by Gasteiger charge is 2.82. The summed E-state index contributed by atoms with van der Waals surface area (Å²) < 4.78 is 84.1. The van der Waals surface area contributed by atoms with E-state index in [-0.39, 0.29) is 12.4 Å². The Labute approximate surface area is 200 Å². The molecule has 2 fully saturated rings. The van der Waals surface area contributed by atoms with Crippen molar-refractivity contribution in [3.63, 3.8) is 0 Å². The van der Waals surface area contributed by atoms with Crippen LogP contribution in [0.1, 0.15) is 67.7 Å². The fraction of sp³-hybridized carbons (Fsp3) is 0.864. The molecule has 13 heteroatoms. The Morgan fingerprint density at radius 2 is 1.54 bits per heavy atom. The smallest absolute Gasteiger partial charge is 0.449 e. The third-order valence-electron chi connectivity index (χ3n) is 6.36. The number of ether oxygens (including phenoxy) is 4. The van der Waals surface area contributed by atoms with E-state index in [0.717, 1.165) is 0 Å². The van der Waals surface area contributed by atoms with Crippen LogP contribution in [0.15, 0.2) is 0 Å². The molecular formula is C22H33F5O8. The molecule has 204 valence electrons. The zero-order valence-corrected chi connectivity index (χ0v) is 20.8. The Balaban J connectivity index is 0.000000379. The molecule has 2 aliphatic rings. The van der Waals surface area contributed by atoms with E-state index in [1.165, 1.54) is 13.8 Å². The van der Waals surface area contributed by atoms with Gasteiger partial charge in [-0.1, -0.05) is 13.8 Å². The summed E-state index contributed by atoms with van der Waals surface area (Å²) in [6.45, 7) is 9.59. The molecule has 2 heterocycles. The summed E-state index contributed by atoms with van der Waals surface area (Å²) in [4.78, 5) is 34.4. The highest BCUT2D eigenvalue weighted by atomic mass is 19.4. The van der Waals surface area contributed by atoms with Gasteiger partial charge in [-0.05, 0) is 47.5 Å². The van der Waals surface area contributed by atoms with E-state index in [9.17, 15) is 41.4 Å². The first-order chi connectivity index (χ1) is 15.6. The fourth-order valence-corrected chi connectivity index (χ4v) is 2.64. The summed E-state index contributed by atoms with van der Waals surface area (Å²) in [6, 6.07) is 0. The summed E-state index contributed by atoms with van der Waals surface area (Å²) in [7, 11) is 0. The number of hydrogen-bond donors (Lipinski definition) is 1. The first-order valence-corrected chi connectivity index (χ1v) is 11.0. The molecule has 0 bridgehead atoms. The molecule has 2 rings (SSSR count). The van der Waals surface area contributed by atoms with Gasteiger partial charge in [-0.25, -0.2) is 4.79 Å². The van der Waals surface area contributed by atoms with Gasteiger partial charge >= 0.3 is 35.8 Å². The van der Waals surface area contributed by atoms with Crippen LogP contribution in [0.3, 0.4) is 0 Å². The van der Waals surface area contributed by atoms with Gasteiger partial charge in [0.15, 0.2) is 0 Å². The third kappa shape index (κ3) is 6.04. The van der Waals surface area contributed by atoms with Gasteiger partial charge in [-0.15, -0.1) is 0 Å². The minimum atomic E-state index is -5.74. The number of carbonyl (C=O) groups is 3. The zero-order valence-electron chi connectivity index (χ0n) is 20.8. The summed E-state index contributed by atoms with van der Waals surface area (Å²) >= 11 is 0. The number of alkyl halides is 5. The van der Waals surface area contributed by atoms with Crippen molar-refractivity contribution in [3.05, 3.63) is 0 Å². The SMILES string of the molecule is CCC(C)(C)C(=O)OC1(C)COC(O)(C(F)(F)F)C1(F)F.CCC(C)(C)C(=O)OC1CCOC1=O. The molecule has 8 nitrogen and oxygen atoms in total. The first kappa shape index (κ1) is 31.0. The summed E-state index contributed by atoms with van der Waals surface area (Å²) in [5.41, 5.74) is -4.60. The lowest BCUT2D eigenvalue weighted by atomic mass is 9.89. The molecule has 0 aliphatic carbocycles. The quantitative estimate of drug-likeness (QED) is 0.319. The Morgan fingerprint density at radius 3 is 1.91 bits per heavy atom. The van der Waals surface area contributed by atoms with Gasteiger partial charge in [0.2, 0.25) is 11.7 Å². The zero-order chi connectivity index (χ0) is 27.7. The van der Waals surface area contributed by atoms with E-state index in [0.29, 0.717) is 26.4 Å². The first-order valence-electron chi connectivity index (χ1n) is 11.0. The maximum absolute atomic E-state index is 14.0. The number of carbonyl (C=O) groups excluding carboxylic acids is 3. The lowest BCUT2D eigenvalue weighted by molar-refractivity contribution is -0.409. The molecular weight excluding hydrogens is 487 g/mol. The van der Waals surface area contributed by atoms with Gasteiger partial charge in [0.1, 0.15) is 0 Å². The highest BCUT2D eigenvalue weighted by molar-refractivity contribution is 5.82. The van der Waals surface area contributed by atoms with Crippen LogP contribution in [0.25, 0.3) is 0 Å². The monoisotopic (exact) mass is 520 g/mol. The van der Waals surface area contributed by atoms with Crippen LogP contribution >= 0.6 is 0 Å². The number of halogens is 5. The van der Waals surface area contributed by atoms with Crippen LogP contribution in [0.2, 0.25) is 0 Å². The van der Waals surface area contributed by atoms with Crippen molar-refractivity contribution in [2.75, 3.05) is 13.2 Å². The predicted molar refractivity (Wildman–Crippen MR) is 110 cm³/mol. The molecule has 0 radical (unpaired) electrons. The van der Waals surface area contributed by atoms with Gasteiger partial charge in [-0.3, -0.25) is 9.59 Å². The minimum absolute atomic E-state index is 0.234. The average Bonchev–Trinajstić information content (AvgIpc) is 3.22. The van der Waals surface area contributed by atoms with Crippen molar-refractivity contribution in [1.29, 1.82) is 0 Å². The Hall–Kier alpha value is -2.02. The summed E-state index contributed by atoms with van der Waals surface area (Å²) in [6.07, 6.45) is -5.02. The van der Waals surface area contributed by atoms with E-state index in [2.05, 4.69) is 9.47 Å². The number of cyclic esters (lactones) is 1. The van der Waals surface area contributed by atoms with E-state index >= 15 is 0 Å². The largest absolute Gasteiger partial charge is 0.463 e. The van der Waals surface area contributed by atoms with Crippen molar-refractivity contribution >= 4 is 17.9 Å².